The molecule has 0 fully saturated rings. The minimum absolute atomic E-state index is 0.932. The van der Waals surface area contributed by atoms with E-state index in [-0.39, 0.29) is 0 Å². The zero-order valence-electron chi connectivity index (χ0n) is 20.8. The predicted octanol–water partition coefficient (Wildman–Crippen LogP) is 9.95. The first-order valence-corrected chi connectivity index (χ1v) is 13.6. The quantitative estimate of drug-likeness (QED) is 0.220. The van der Waals surface area contributed by atoms with Crippen molar-refractivity contribution in [1.29, 1.82) is 0 Å². The zero-order valence-corrected chi connectivity index (χ0v) is 21.6. The van der Waals surface area contributed by atoms with Crippen LogP contribution in [0.3, 0.4) is 0 Å². The molecule has 0 unspecified atom stereocenters. The molecule has 0 atom stereocenters. The molecule has 2 aromatic heterocycles. The monoisotopic (exact) mass is 502 g/mol. The molecule has 0 radical (unpaired) electrons. The fourth-order valence-corrected chi connectivity index (χ4v) is 6.81. The number of benzene rings is 6. The van der Waals surface area contributed by atoms with Gasteiger partial charge in [-0.2, -0.15) is 0 Å². The zero-order chi connectivity index (χ0) is 25.2. The standard InChI is InChI=1S/C35H22N2S/c1-21-20-36-34-28-11-3-2-9-26(28)30-18-24(13-15-29(30)35(34)37-21)22-7-6-8-23(17-22)25-14-16-33-31(19-25)27-10-4-5-12-32(27)38-33/h2-20H,1H3. The fraction of sp³-hybridized carbons (Fsp3) is 0.0286. The lowest BCUT2D eigenvalue weighted by Crippen LogP contribution is -1.91. The number of hydrogen-bond acceptors (Lipinski definition) is 3. The van der Waals surface area contributed by atoms with E-state index in [0.29, 0.717) is 0 Å². The molecule has 178 valence electrons. The van der Waals surface area contributed by atoms with Crippen LogP contribution in [0.15, 0.2) is 115 Å². The average molecular weight is 503 g/mol. The van der Waals surface area contributed by atoms with Gasteiger partial charge in [-0.05, 0) is 70.3 Å². The molecule has 8 aromatic rings. The van der Waals surface area contributed by atoms with Crippen LogP contribution in [0.4, 0.5) is 0 Å². The largest absolute Gasteiger partial charge is 0.252 e. The molecule has 0 aliphatic heterocycles. The summed E-state index contributed by atoms with van der Waals surface area (Å²) in [6.07, 6.45) is 1.86. The van der Waals surface area contributed by atoms with Crippen LogP contribution in [-0.4, -0.2) is 9.97 Å². The summed E-state index contributed by atoms with van der Waals surface area (Å²) in [6.45, 7) is 2.00. The summed E-state index contributed by atoms with van der Waals surface area (Å²) in [6, 6.07) is 39.7. The number of hydrogen-bond donors (Lipinski definition) is 0. The third kappa shape index (κ3) is 3.26. The van der Waals surface area contributed by atoms with E-state index in [1.54, 1.807) is 0 Å². The first-order chi connectivity index (χ1) is 18.7. The van der Waals surface area contributed by atoms with E-state index in [4.69, 9.17) is 9.97 Å². The first-order valence-electron chi connectivity index (χ1n) is 12.8. The van der Waals surface area contributed by atoms with Crippen LogP contribution in [0, 0.1) is 6.92 Å². The lowest BCUT2D eigenvalue weighted by molar-refractivity contribution is 1.19. The SMILES string of the molecule is Cc1cnc2c3ccccc3c3cc(-c4cccc(-c5ccc6sc7ccccc7c6c5)c4)ccc3c2n1. The number of thiophene rings is 1. The van der Waals surface area contributed by atoms with Crippen LogP contribution in [-0.2, 0) is 0 Å². The van der Waals surface area contributed by atoms with Crippen molar-refractivity contribution >= 4 is 64.1 Å². The van der Waals surface area contributed by atoms with Gasteiger partial charge >= 0.3 is 0 Å². The molecule has 0 spiro atoms. The number of nitrogens with zero attached hydrogens (tertiary/aromatic N) is 2. The van der Waals surface area contributed by atoms with Crippen LogP contribution in [0.25, 0.3) is 75.0 Å². The summed E-state index contributed by atoms with van der Waals surface area (Å²) < 4.78 is 2.67. The minimum Gasteiger partial charge on any atom is -0.252 e. The van der Waals surface area contributed by atoms with Crippen molar-refractivity contribution in [2.45, 2.75) is 6.92 Å². The number of aromatic nitrogens is 2. The van der Waals surface area contributed by atoms with Crippen molar-refractivity contribution in [1.82, 2.24) is 9.97 Å². The van der Waals surface area contributed by atoms with Crippen molar-refractivity contribution in [3.05, 3.63) is 121 Å². The Morgan fingerprint density at radius 2 is 1.11 bits per heavy atom. The Morgan fingerprint density at radius 3 is 1.95 bits per heavy atom. The third-order valence-corrected chi connectivity index (χ3v) is 8.70. The van der Waals surface area contributed by atoms with Gasteiger partial charge in [-0.3, -0.25) is 4.98 Å². The van der Waals surface area contributed by atoms with E-state index in [2.05, 4.69) is 109 Å². The molecule has 0 aliphatic carbocycles. The smallest absolute Gasteiger partial charge is 0.0974 e. The molecule has 2 heterocycles. The van der Waals surface area contributed by atoms with E-state index in [9.17, 15) is 0 Å². The summed E-state index contributed by atoms with van der Waals surface area (Å²) >= 11 is 1.86. The van der Waals surface area contributed by atoms with Gasteiger partial charge in [0.05, 0.1) is 16.7 Å². The van der Waals surface area contributed by atoms with Crippen molar-refractivity contribution < 1.29 is 0 Å². The first kappa shape index (κ1) is 21.5. The van der Waals surface area contributed by atoms with E-state index >= 15 is 0 Å². The molecule has 0 N–H and O–H groups in total. The highest BCUT2D eigenvalue weighted by Gasteiger charge is 2.13. The van der Waals surface area contributed by atoms with Crippen molar-refractivity contribution in [2.75, 3.05) is 0 Å². The molecule has 0 saturated carbocycles. The van der Waals surface area contributed by atoms with Crippen molar-refractivity contribution in [3.63, 3.8) is 0 Å². The summed E-state index contributed by atoms with van der Waals surface area (Å²) in [5, 5.41) is 7.36. The molecular weight excluding hydrogens is 480 g/mol. The van der Waals surface area contributed by atoms with Gasteiger partial charge < -0.3 is 0 Å². The van der Waals surface area contributed by atoms with Gasteiger partial charge in [0.25, 0.3) is 0 Å². The van der Waals surface area contributed by atoms with Gasteiger partial charge in [0.2, 0.25) is 0 Å². The predicted molar refractivity (Wildman–Crippen MR) is 163 cm³/mol. The molecular formula is C35H22N2S. The molecule has 3 heteroatoms. The highest BCUT2D eigenvalue weighted by Crippen LogP contribution is 2.38. The van der Waals surface area contributed by atoms with Crippen LogP contribution in [0.1, 0.15) is 5.69 Å². The van der Waals surface area contributed by atoms with E-state index < -0.39 is 0 Å². The maximum Gasteiger partial charge on any atom is 0.0974 e. The second-order valence-electron chi connectivity index (χ2n) is 9.90. The summed E-state index contributed by atoms with van der Waals surface area (Å²) in [7, 11) is 0. The van der Waals surface area contributed by atoms with Gasteiger partial charge in [0.15, 0.2) is 0 Å². The highest BCUT2D eigenvalue weighted by molar-refractivity contribution is 7.25. The molecule has 0 saturated heterocycles. The van der Waals surface area contributed by atoms with E-state index in [1.807, 2.05) is 24.5 Å². The van der Waals surface area contributed by atoms with Crippen molar-refractivity contribution in [3.8, 4) is 22.3 Å². The summed E-state index contributed by atoms with van der Waals surface area (Å²) in [5.41, 5.74) is 7.74. The summed E-state index contributed by atoms with van der Waals surface area (Å²) in [4.78, 5) is 9.65. The molecule has 38 heavy (non-hydrogen) atoms. The molecule has 0 bridgehead atoms. The molecule has 0 aliphatic rings. The van der Waals surface area contributed by atoms with Crippen LogP contribution < -0.4 is 0 Å². The Hall–Kier alpha value is -4.60. The Morgan fingerprint density at radius 1 is 0.474 bits per heavy atom. The van der Waals surface area contributed by atoms with E-state index in [0.717, 1.165) is 27.5 Å². The normalized spacial score (nSPS) is 11.8. The second kappa shape index (κ2) is 8.20. The Balaban J connectivity index is 1.31. The maximum atomic E-state index is 4.89. The lowest BCUT2D eigenvalue weighted by atomic mass is 9.94. The van der Waals surface area contributed by atoms with Crippen molar-refractivity contribution in [2.24, 2.45) is 0 Å². The van der Waals surface area contributed by atoms with Gasteiger partial charge in [0.1, 0.15) is 0 Å². The topological polar surface area (TPSA) is 25.8 Å². The van der Waals surface area contributed by atoms with Gasteiger partial charge in [-0.25, -0.2) is 4.98 Å². The molecule has 6 aromatic carbocycles. The van der Waals surface area contributed by atoms with Gasteiger partial charge in [-0.15, -0.1) is 11.3 Å². The minimum atomic E-state index is 0.932. The number of rotatable bonds is 2. The number of aryl methyl sites for hydroxylation is 1. The second-order valence-corrected chi connectivity index (χ2v) is 11.0. The van der Waals surface area contributed by atoms with Gasteiger partial charge in [-0.1, -0.05) is 78.9 Å². The molecule has 8 rings (SSSR count). The van der Waals surface area contributed by atoms with Crippen LogP contribution in [0.2, 0.25) is 0 Å². The fourth-order valence-electron chi connectivity index (χ4n) is 5.72. The Labute approximate surface area is 223 Å². The third-order valence-electron chi connectivity index (χ3n) is 7.55. The number of fused-ring (bicyclic) bond motifs is 9. The van der Waals surface area contributed by atoms with Gasteiger partial charge in [0, 0.05) is 37.1 Å². The molecule has 0 amide bonds. The Bertz CT molecular complexity index is 2210. The highest BCUT2D eigenvalue weighted by atomic mass is 32.1. The average Bonchev–Trinajstić information content (AvgIpc) is 3.35. The Kier molecular flexibility index (Phi) is 4.64. The van der Waals surface area contributed by atoms with Crippen LogP contribution in [0.5, 0.6) is 0 Å². The van der Waals surface area contributed by atoms with E-state index in [1.165, 1.54) is 53.2 Å². The van der Waals surface area contributed by atoms with Crippen LogP contribution >= 0.6 is 11.3 Å². The molecule has 2 nitrogen and oxygen atoms in total. The summed E-state index contributed by atoms with van der Waals surface area (Å²) in [5.74, 6) is 0. The maximum absolute atomic E-state index is 4.89. The lowest BCUT2D eigenvalue weighted by Gasteiger charge is -2.12.